The first-order valence-corrected chi connectivity index (χ1v) is 13.9. The Balaban J connectivity index is 3.02. The summed E-state index contributed by atoms with van der Waals surface area (Å²) in [5, 5.41) is 12.7. The van der Waals surface area contributed by atoms with E-state index in [1.807, 2.05) is 0 Å². The van der Waals surface area contributed by atoms with E-state index in [1.165, 1.54) is 10.9 Å². The number of rotatable bonds is 14. The third-order valence-electron chi connectivity index (χ3n) is 4.96. The molecule has 2 unspecified atom stereocenters. The lowest BCUT2D eigenvalue weighted by molar-refractivity contribution is -0.160. The minimum Gasteiger partial charge on any atom is -0.460 e. The van der Waals surface area contributed by atoms with Crippen molar-refractivity contribution in [2.24, 2.45) is 0 Å². The summed E-state index contributed by atoms with van der Waals surface area (Å²) in [6.45, 7) is 14.2. The summed E-state index contributed by atoms with van der Waals surface area (Å²) >= 11 is 0. The van der Waals surface area contributed by atoms with E-state index in [0.717, 1.165) is 0 Å². The van der Waals surface area contributed by atoms with Gasteiger partial charge in [0.15, 0.2) is 0 Å². The summed E-state index contributed by atoms with van der Waals surface area (Å²) in [5.74, 6) is -3.62. The zero-order valence-corrected chi connectivity index (χ0v) is 26.2. The summed E-state index contributed by atoms with van der Waals surface area (Å²) in [6, 6.07) is -2.63. The van der Waals surface area contributed by atoms with Crippen molar-refractivity contribution in [1.82, 2.24) is 25.6 Å². The number of aromatic nitrogens is 3. The predicted molar refractivity (Wildman–Crippen MR) is 150 cm³/mol. The monoisotopic (exact) mass is 599 g/mol. The molecule has 0 aromatic carbocycles. The maximum atomic E-state index is 13.1. The second-order valence-electron chi connectivity index (χ2n) is 12.8. The predicted octanol–water partition coefficient (Wildman–Crippen LogP) is 2.35. The number of carbonyl (C=O) groups is 5. The molecule has 0 saturated carbocycles. The number of hydrogen-bond donors (Lipinski definition) is 2. The molecule has 0 aliphatic carbocycles. The number of carbonyl (C=O) groups excluding carboxylic acids is 5. The fraction of sp³-hybridized carbons (Fsp3) is 0.750. The van der Waals surface area contributed by atoms with Crippen molar-refractivity contribution in [2.75, 3.05) is 6.67 Å². The van der Waals surface area contributed by atoms with Crippen molar-refractivity contribution in [3.8, 4) is 0 Å². The number of amides is 2. The number of alkyl halides is 1. The van der Waals surface area contributed by atoms with Crippen molar-refractivity contribution in [3.63, 3.8) is 0 Å². The summed E-state index contributed by atoms with van der Waals surface area (Å²) in [4.78, 5) is 63.9. The molecule has 13 nitrogen and oxygen atoms in total. The maximum Gasteiger partial charge on any atom is 0.329 e. The van der Waals surface area contributed by atoms with Gasteiger partial charge in [-0.1, -0.05) is 5.21 Å². The third kappa shape index (κ3) is 16.0. The number of aryl methyl sites for hydroxylation is 1. The van der Waals surface area contributed by atoms with Crippen molar-refractivity contribution in [2.45, 2.75) is 130 Å². The molecule has 238 valence electrons. The summed E-state index contributed by atoms with van der Waals surface area (Å²) < 4.78 is 29.7. The van der Waals surface area contributed by atoms with Crippen LogP contribution in [0.2, 0.25) is 0 Å². The lowest BCUT2D eigenvalue weighted by Gasteiger charge is -2.26. The molecule has 1 heterocycles. The van der Waals surface area contributed by atoms with Crippen molar-refractivity contribution in [1.29, 1.82) is 0 Å². The highest BCUT2D eigenvalue weighted by Crippen LogP contribution is 2.15. The Morgan fingerprint density at radius 2 is 1.36 bits per heavy atom. The summed E-state index contributed by atoms with van der Waals surface area (Å²) in [6.07, 6.45) is 1.25. The minimum atomic E-state index is -1.41. The molecule has 1 rings (SSSR count). The van der Waals surface area contributed by atoms with Gasteiger partial charge in [-0.05, 0) is 81.6 Å². The average molecular weight is 600 g/mol. The van der Waals surface area contributed by atoms with Gasteiger partial charge in [0.05, 0.1) is 18.8 Å². The van der Waals surface area contributed by atoms with E-state index in [4.69, 9.17) is 14.2 Å². The standard InChI is InChI=1S/C28H46FN5O8/c1-26(2,3)40-23(37)13-12-19(24(38)41-27(4,5)6)30-21(35)15-20(25(39)42-28(7,8)9)31-22(36)17-34-16-18(32-33-34)11-10-14-29/h16,19-20H,10-15,17H2,1-9H3,(H,30,35)(H,31,36). The molecule has 0 saturated heterocycles. The van der Waals surface area contributed by atoms with Gasteiger partial charge in [0.1, 0.15) is 35.4 Å². The second-order valence-corrected chi connectivity index (χ2v) is 12.8. The first-order chi connectivity index (χ1) is 19.2. The molecule has 1 aromatic rings. The Labute approximate surface area is 246 Å². The Morgan fingerprint density at radius 3 is 1.88 bits per heavy atom. The van der Waals surface area contributed by atoms with Crippen LogP contribution in [0.1, 0.15) is 93.7 Å². The number of ether oxygens (including phenoxy) is 3. The molecule has 0 spiro atoms. The number of nitrogens with one attached hydrogen (secondary N) is 2. The van der Waals surface area contributed by atoms with Crippen LogP contribution in [0.15, 0.2) is 6.20 Å². The molecule has 0 fully saturated rings. The number of esters is 3. The third-order valence-corrected chi connectivity index (χ3v) is 4.96. The van der Waals surface area contributed by atoms with E-state index in [9.17, 15) is 28.4 Å². The first kappa shape index (κ1) is 36.4. The molecule has 0 bridgehead atoms. The fourth-order valence-electron chi connectivity index (χ4n) is 3.45. The van der Waals surface area contributed by atoms with Crippen molar-refractivity contribution >= 4 is 29.7 Å². The molecule has 2 N–H and O–H groups in total. The van der Waals surface area contributed by atoms with Gasteiger partial charge < -0.3 is 24.8 Å². The van der Waals surface area contributed by atoms with Crippen LogP contribution in [0.25, 0.3) is 0 Å². The van der Waals surface area contributed by atoms with Gasteiger partial charge in [0.2, 0.25) is 11.8 Å². The highest BCUT2D eigenvalue weighted by atomic mass is 19.1. The van der Waals surface area contributed by atoms with E-state index in [0.29, 0.717) is 12.1 Å². The quantitative estimate of drug-likeness (QED) is 0.239. The van der Waals surface area contributed by atoms with Crippen LogP contribution in [-0.2, 0) is 51.1 Å². The second kappa shape index (κ2) is 15.6. The maximum absolute atomic E-state index is 13.1. The zero-order chi connectivity index (χ0) is 32.3. The highest BCUT2D eigenvalue weighted by molar-refractivity contribution is 5.91. The molecular weight excluding hydrogens is 553 g/mol. The smallest absolute Gasteiger partial charge is 0.329 e. The molecular formula is C28H46FN5O8. The van der Waals surface area contributed by atoms with Gasteiger partial charge in [-0.3, -0.25) is 18.8 Å². The lowest BCUT2D eigenvalue weighted by atomic mass is 10.1. The van der Waals surface area contributed by atoms with Crippen LogP contribution < -0.4 is 10.6 Å². The summed E-state index contributed by atoms with van der Waals surface area (Å²) in [5.41, 5.74) is -2.02. The molecule has 0 aliphatic heterocycles. The van der Waals surface area contributed by atoms with Crippen molar-refractivity contribution < 1.29 is 42.6 Å². The lowest BCUT2D eigenvalue weighted by Crippen LogP contribution is -2.50. The van der Waals surface area contributed by atoms with Gasteiger partial charge in [-0.2, -0.15) is 0 Å². The van der Waals surface area contributed by atoms with E-state index in [-0.39, 0.29) is 25.8 Å². The number of hydrogen-bond acceptors (Lipinski definition) is 10. The Hall–Kier alpha value is -3.58. The average Bonchev–Trinajstić information content (AvgIpc) is 3.23. The molecule has 42 heavy (non-hydrogen) atoms. The molecule has 14 heteroatoms. The molecule has 1 aromatic heterocycles. The molecule has 0 aliphatic rings. The number of halogens is 1. The fourth-order valence-corrected chi connectivity index (χ4v) is 3.45. The molecule has 0 radical (unpaired) electrons. The van der Waals surface area contributed by atoms with Crippen LogP contribution in [-0.4, -0.2) is 80.3 Å². The number of nitrogens with zero attached hydrogens (tertiary/aromatic N) is 3. The van der Waals surface area contributed by atoms with Gasteiger partial charge in [-0.25, -0.2) is 14.3 Å². The van der Waals surface area contributed by atoms with Gasteiger partial charge in [0.25, 0.3) is 0 Å². The topological polar surface area (TPSA) is 168 Å². The zero-order valence-electron chi connectivity index (χ0n) is 26.2. The highest BCUT2D eigenvalue weighted by Gasteiger charge is 2.32. The minimum absolute atomic E-state index is 0.115. The van der Waals surface area contributed by atoms with Crippen LogP contribution >= 0.6 is 0 Å². The van der Waals surface area contributed by atoms with Gasteiger partial charge >= 0.3 is 17.9 Å². The van der Waals surface area contributed by atoms with E-state index in [2.05, 4.69) is 20.9 Å². The van der Waals surface area contributed by atoms with E-state index >= 15 is 0 Å². The Kier molecular flexibility index (Phi) is 13.5. The normalized spacial score (nSPS) is 13.5. The van der Waals surface area contributed by atoms with E-state index < -0.39 is 71.7 Å². The van der Waals surface area contributed by atoms with Crippen molar-refractivity contribution in [3.05, 3.63) is 11.9 Å². The van der Waals surface area contributed by atoms with Gasteiger partial charge in [-0.15, -0.1) is 5.10 Å². The SMILES string of the molecule is CC(C)(C)OC(=O)CCC(NC(=O)CC(NC(=O)Cn1cc(CCCF)nn1)C(=O)OC(C)(C)C)C(=O)OC(C)(C)C. The largest absolute Gasteiger partial charge is 0.460 e. The Bertz CT molecular complexity index is 1090. The molecule has 2 atom stereocenters. The van der Waals surface area contributed by atoms with Crippen LogP contribution in [0.5, 0.6) is 0 Å². The van der Waals surface area contributed by atoms with Crippen LogP contribution in [0.4, 0.5) is 4.39 Å². The first-order valence-electron chi connectivity index (χ1n) is 13.9. The van der Waals surface area contributed by atoms with Crippen LogP contribution in [0.3, 0.4) is 0 Å². The van der Waals surface area contributed by atoms with E-state index in [1.54, 1.807) is 62.3 Å². The summed E-state index contributed by atoms with van der Waals surface area (Å²) in [7, 11) is 0. The van der Waals surface area contributed by atoms with Crippen LogP contribution in [0, 0.1) is 0 Å². The Morgan fingerprint density at radius 1 is 0.833 bits per heavy atom. The molecule has 2 amide bonds. The van der Waals surface area contributed by atoms with Gasteiger partial charge in [0, 0.05) is 12.6 Å².